The first-order chi connectivity index (χ1) is 10.2. The maximum absolute atomic E-state index is 5.70. The molecule has 1 aromatic rings. The van der Waals surface area contributed by atoms with E-state index in [1.54, 1.807) is 0 Å². The molecule has 0 unspecified atom stereocenters. The number of nitrogens with zero attached hydrogens (tertiary/aromatic N) is 2. The highest BCUT2D eigenvalue weighted by Gasteiger charge is 2.21. The second-order valence-electron chi connectivity index (χ2n) is 6.51. The molecule has 116 valence electrons. The highest BCUT2D eigenvalue weighted by atomic mass is 16.5. The minimum absolute atomic E-state index is 0.746. The minimum Gasteiger partial charge on any atom is -0.379 e. The van der Waals surface area contributed by atoms with E-state index in [1.807, 2.05) is 0 Å². The molecule has 1 aromatic heterocycles. The molecule has 3 rings (SSSR count). The van der Waals surface area contributed by atoms with Crippen molar-refractivity contribution in [2.75, 3.05) is 31.7 Å². The summed E-state index contributed by atoms with van der Waals surface area (Å²) in [7, 11) is 2.09. The fraction of sp³-hybridized carbons (Fsp3) is 0.706. The Kier molecular flexibility index (Phi) is 4.76. The van der Waals surface area contributed by atoms with Gasteiger partial charge in [-0.1, -0.05) is 6.07 Å². The maximum atomic E-state index is 5.70. The Hall–Kier alpha value is -1.13. The Morgan fingerprint density at radius 1 is 1.29 bits per heavy atom. The third-order valence-electron chi connectivity index (χ3n) is 4.35. The molecule has 0 amide bonds. The quantitative estimate of drug-likeness (QED) is 0.709. The molecule has 4 nitrogen and oxygen atoms in total. The number of rotatable bonds is 9. The van der Waals surface area contributed by atoms with Crippen LogP contribution in [0, 0.1) is 12.8 Å². The van der Waals surface area contributed by atoms with Crippen LogP contribution in [0.5, 0.6) is 0 Å². The standard InChI is InChI=1S/C17H27N3O/c1-13-15(11-18-16-6-7-16)5-8-17(19-13)20(2)9-10-21-12-14-3-4-14/h5,8,14,16,18H,3-4,6-7,9-12H2,1-2H3. The lowest BCUT2D eigenvalue weighted by Gasteiger charge is -2.19. The van der Waals surface area contributed by atoms with Gasteiger partial charge in [0.2, 0.25) is 0 Å². The molecule has 21 heavy (non-hydrogen) atoms. The average molecular weight is 289 g/mol. The molecule has 0 bridgehead atoms. The highest BCUT2D eigenvalue weighted by Crippen LogP contribution is 2.28. The van der Waals surface area contributed by atoms with Crippen molar-refractivity contribution < 1.29 is 4.74 Å². The molecule has 0 radical (unpaired) electrons. The van der Waals surface area contributed by atoms with Gasteiger partial charge in [0.15, 0.2) is 0 Å². The van der Waals surface area contributed by atoms with Gasteiger partial charge in [-0.25, -0.2) is 4.98 Å². The minimum atomic E-state index is 0.746. The number of aromatic nitrogens is 1. The van der Waals surface area contributed by atoms with Gasteiger partial charge in [-0.3, -0.25) is 0 Å². The molecule has 0 aromatic carbocycles. The van der Waals surface area contributed by atoms with Crippen molar-refractivity contribution in [1.29, 1.82) is 0 Å². The van der Waals surface area contributed by atoms with Crippen LogP contribution >= 0.6 is 0 Å². The van der Waals surface area contributed by atoms with Crippen LogP contribution in [-0.2, 0) is 11.3 Å². The Morgan fingerprint density at radius 2 is 2.10 bits per heavy atom. The SMILES string of the molecule is Cc1nc(N(C)CCOCC2CC2)ccc1CNC1CC1. The lowest BCUT2D eigenvalue weighted by molar-refractivity contribution is 0.131. The van der Waals surface area contributed by atoms with Crippen LogP contribution < -0.4 is 10.2 Å². The summed E-state index contributed by atoms with van der Waals surface area (Å²) in [5, 5.41) is 3.55. The second-order valence-corrected chi connectivity index (χ2v) is 6.51. The Bertz CT molecular complexity index is 469. The lowest BCUT2D eigenvalue weighted by Crippen LogP contribution is -2.24. The number of anilines is 1. The molecule has 2 saturated carbocycles. The van der Waals surface area contributed by atoms with Crippen LogP contribution in [0.1, 0.15) is 36.9 Å². The molecular formula is C17H27N3O. The molecule has 2 fully saturated rings. The van der Waals surface area contributed by atoms with E-state index in [0.717, 1.165) is 49.8 Å². The third kappa shape index (κ3) is 4.68. The summed E-state index contributed by atoms with van der Waals surface area (Å²) in [4.78, 5) is 6.91. The summed E-state index contributed by atoms with van der Waals surface area (Å²) in [5.41, 5.74) is 2.44. The third-order valence-corrected chi connectivity index (χ3v) is 4.35. The van der Waals surface area contributed by atoms with Gasteiger partial charge >= 0.3 is 0 Å². The molecule has 0 spiro atoms. The summed E-state index contributed by atoms with van der Waals surface area (Å²) in [6.45, 7) is 5.67. The van der Waals surface area contributed by atoms with E-state index >= 15 is 0 Å². The van der Waals surface area contributed by atoms with Gasteiger partial charge in [0, 0.05) is 38.5 Å². The number of aryl methyl sites for hydroxylation is 1. The predicted octanol–water partition coefficient (Wildman–Crippen LogP) is 2.50. The van der Waals surface area contributed by atoms with Crippen molar-refractivity contribution in [3.8, 4) is 0 Å². The van der Waals surface area contributed by atoms with Crippen molar-refractivity contribution in [2.45, 2.75) is 45.2 Å². The fourth-order valence-electron chi connectivity index (χ4n) is 2.37. The topological polar surface area (TPSA) is 37.4 Å². The van der Waals surface area contributed by atoms with Gasteiger partial charge in [0.25, 0.3) is 0 Å². The summed E-state index contributed by atoms with van der Waals surface area (Å²) in [6.07, 6.45) is 5.36. The molecule has 0 atom stereocenters. The van der Waals surface area contributed by atoms with Gasteiger partial charge in [-0.05, 0) is 50.2 Å². The van der Waals surface area contributed by atoms with Crippen LogP contribution in [0.4, 0.5) is 5.82 Å². The first kappa shape index (κ1) is 14.8. The summed E-state index contributed by atoms with van der Waals surface area (Å²) in [6, 6.07) is 5.07. The van der Waals surface area contributed by atoms with Gasteiger partial charge in [0.1, 0.15) is 5.82 Å². The zero-order chi connectivity index (χ0) is 14.7. The average Bonchev–Trinajstić information content (AvgIpc) is 3.36. The largest absolute Gasteiger partial charge is 0.379 e. The van der Waals surface area contributed by atoms with Crippen molar-refractivity contribution in [2.24, 2.45) is 5.92 Å². The number of nitrogens with one attached hydrogen (secondary N) is 1. The Balaban J connectivity index is 1.45. The summed E-state index contributed by atoms with van der Waals surface area (Å²) in [5.74, 6) is 1.88. The molecule has 4 heteroatoms. The van der Waals surface area contributed by atoms with E-state index in [1.165, 1.54) is 31.2 Å². The molecular weight excluding hydrogens is 262 g/mol. The van der Waals surface area contributed by atoms with Gasteiger partial charge < -0.3 is 15.0 Å². The van der Waals surface area contributed by atoms with Crippen molar-refractivity contribution in [3.63, 3.8) is 0 Å². The van der Waals surface area contributed by atoms with Crippen LogP contribution in [0.2, 0.25) is 0 Å². The van der Waals surface area contributed by atoms with E-state index in [4.69, 9.17) is 9.72 Å². The Labute approximate surface area is 127 Å². The first-order valence-corrected chi connectivity index (χ1v) is 8.21. The van der Waals surface area contributed by atoms with Crippen molar-refractivity contribution >= 4 is 5.82 Å². The summed E-state index contributed by atoms with van der Waals surface area (Å²) < 4.78 is 5.70. The fourth-order valence-corrected chi connectivity index (χ4v) is 2.37. The van der Waals surface area contributed by atoms with E-state index < -0.39 is 0 Å². The molecule has 1 N–H and O–H groups in total. The normalized spacial score (nSPS) is 18.0. The van der Waals surface area contributed by atoms with E-state index in [0.29, 0.717) is 0 Å². The van der Waals surface area contributed by atoms with Gasteiger partial charge in [0.05, 0.1) is 6.61 Å². The highest BCUT2D eigenvalue weighted by molar-refractivity contribution is 5.40. The Morgan fingerprint density at radius 3 is 2.76 bits per heavy atom. The monoisotopic (exact) mass is 289 g/mol. The van der Waals surface area contributed by atoms with Gasteiger partial charge in [-0.2, -0.15) is 0 Å². The molecule has 2 aliphatic rings. The zero-order valence-corrected chi connectivity index (χ0v) is 13.3. The number of hydrogen-bond donors (Lipinski definition) is 1. The maximum Gasteiger partial charge on any atom is 0.128 e. The lowest BCUT2D eigenvalue weighted by atomic mass is 10.2. The predicted molar refractivity (Wildman–Crippen MR) is 85.6 cm³/mol. The molecule has 2 aliphatic carbocycles. The van der Waals surface area contributed by atoms with E-state index in [2.05, 4.69) is 36.3 Å². The summed E-state index contributed by atoms with van der Waals surface area (Å²) >= 11 is 0. The van der Waals surface area contributed by atoms with Crippen LogP contribution in [0.25, 0.3) is 0 Å². The van der Waals surface area contributed by atoms with Crippen LogP contribution in [0.3, 0.4) is 0 Å². The molecule has 0 saturated heterocycles. The van der Waals surface area contributed by atoms with Crippen LogP contribution in [0.15, 0.2) is 12.1 Å². The molecule has 1 heterocycles. The second kappa shape index (κ2) is 6.75. The van der Waals surface area contributed by atoms with E-state index in [-0.39, 0.29) is 0 Å². The van der Waals surface area contributed by atoms with Crippen molar-refractivity contribution in [3.05, 3.63) is 23.4 Å². The smallest absolute Gasteiger partial charge is 0.128 e. The zero-order valence-electron chi connectivity index (χ0n) is 13.3. The number of ether oxygens (including phenoxy) is 1. The molecule has 0 aliphatic heterocycles. The number of likely N-dealkylation sites (N-methyl/N-ethyl adjacent to an activating group) is 1. The van der Waals surface area contributed by atoms with E-state index in [9.17, 15) is 0 Å². The van der Waals surface area contributed by atoms with Crippen molar-refractivity contribution in [1.82, 2.24) is 10.3 Å². The van der Waals surface area contributed by atoms with Crippen LogP contribution in [-0.4, -0.2) is 37.8 Å². The number of pyridine rings is 1. The first-order valence-electron chi connectivity index (χ1n) is 8.21. The van der Waals surface area contributed by atoms with Gasteiger partial charge in [-0.15, -0.1) is 0 Å². The number of hydrogen-bond acceptors (Lipinski definition) is 4.